The Kier molecular flexibility index (Phi) is 7.63. The van der Waals surface area contributed by atoms with Crippen molar-refractivity contribution in [3.63, 3.8) is 0 Å². The number of hydrogen-bond donors (Lipinski definition) is 1. The fraction of sp³-hybridized carbons (Fsp3) is 0.0370. The smallest absolute Gasteiger partial charge is 0.115 e. The Morgan fingerprint density at radius 3 is 1.40 bits per heavy atom. The van der Waals surface area contributed by atoms with Gasteiger partial charge >= 0.3 is 0 Å². The van der Waals surface area contributed by atoms with E-state index in [0.717, 1.165) is 17.4 Å². The van der Waals surface area contributed by atoms with Crippen LogP contribution in [-0.4, -0.2) is 6.16 Å². The molecule has 0 aliphatic carbocycles. The molecule has 150 valence electrons. The van der Waals surface area contributed by atoms with Crippen LogP contribution in [-0.2, 0) is 0 Å². The molecule has 0 aromatic heterocycles. The zero-order valence-corrected chi connectivity index (χ0v) is 19.2. The van der Waals surface area contributed by atoms with Crippen molar-refractivity contribution in [3.05, 3.63) is 127 Å². The fourth-order valence-corrected chi connectivity index (χ4v) is 7.80. The molecule has 0 spiro atoms. The van der Waals surface area contributed by atoms with Gasteiger partial charge in [-0.1, -0.05) is 78.9 Å². The fourth-order valence-electron chi connectivity index (χ4n) is 3.81. The van der Waals surface area contributed by atoms with Crippen LogP contribution in [0.4, 0.5) is 5.69 Å². The summed E-state index contributed by atoms with van der Waals surface area (Å²) in [7, 11) is -1.83. The van der Waals surface area contributed by atoms with Crippen LogP contribution in [0.5, 0.6) is 0 Å². The molecule has 0 aliphatic heterocycles. The van der Waals surface area contributed by atoms with Gasteiger partial charge in [0.05, 0.1) is 6.16 Å². The van der Waals surface area contributed by atoms with Gasteiger partial charge in [0.2, 0.25) is 0 Å². The predicted octanol–water partition coefficient (Wildman–Crippen LogP) is 2.28. The standard InChI is InChI=1S/C27H25NP.BrH/c28-27-21-11-10-13-23(27)14-12-22-29(24-15-4-1-5-16-24,25-17-6-2-7-18-25)26-19-8-3-9-20-26;/h1-21H,22,28H2;1H/q+1;/p-1/b14-12+;. The van der Waals surface area contributed by atoms with Crippen molar-refractivity contribution in [3.8, 4) is 0 Å². The quantitative estimate of drug-likeness (QED) is 0.337. The molecule has 0 saturated heterocycles. The normalized spacial score (nSPS) is 11.2. The molecule has 4 aromatic rings. The molecule has 2 N–H and O–H groups in total. The predicted molar refractivity (Wildman–Crippen MR) is 130 cm³/mol. The number of benzene rings is 4. The van der Waals surface area contributed by atoms with E-state index in [1.807, 2.05) is 18.2 Å². The molecule has 0 heterocycles. The van der Waals surface area contributed by atoms with Crippen molar-refractivity contribution in [1.82, 2.24) is 0 Å². The number of rotatable bonds is 6. The van der Waals surface area contributed by atoms with Gasteiger partial charge < -0.3 is 22.7 Å². The van der Waals surface area contributed by atoms with Crippen LogP contribution in [0.2, 0.25) is 0 Å². The van der Waals surface area contributed by atoms with Crippen molar-refractivity contribution in [1.29, 1.82) is 0 Å². The molecule has 3 heteroatoms. The summed E-state index contributed by atoms with van der Waals surface area (Å²) in [5.74, 6) is 0. The molecule has 0 aliphatic rings. The average Bonchev–Trinajstić information content (AvgIpc) is 2.80. The lowest BCUT2D eigenvalue weighted by molar-refractivity contribution is -0.00000557. The lowest BCUT2D eigenvalue weighted by Gasteiger charge is -2.26. The Bertz CT molecular complexity index is 983. The maximum atomic E-state index is 6.16. The summed E-state index contributed by atoms with van der Waals surface area (Å²) in [6, 6.07) is 40.8. The Balaban J connectivity index is 0.00000256. The molecule has 0 fully saturated rings. The summed E-state index contributed by atoms with van der Waals surface area (Å²) < 4.78 is 0. The van der Waals surface area contributed by atoms with Gasteiger partial charge in [-0.2, -0.15) is 0 Å². The van der Waals surface area contributed by atoms with E-state index in [0.29, 0.717) is 0 Å². The minimum absolute atomic E-state index is 0. The number of allylic oxidation sites excluding steroid dienone is 1. The molecule has 4 aromatic carbocycles. The Morgan fingerprint density at radius 1 is 0.567 bits per heavy atom. The van der Waals surface area contributed by atoms with E-state index in [1.54, 1.807) is 0 Å². The van der Waals surface area contributed by atoms with Crippen molar-refractivity contribution in [2.45, 2.75) is 0 Å². The molecule has 0 bridgehead atoms. The summed E-state index contributed by atoms with van der Waals surface area (Å²) in [4.78, 5) is 0. The molecule has 0 radical (unpaired) electrons. The molecule has 4 rings (SSSR count). The maximum Gasteiger partial charge on any atom is 0.115 e. The number of halogens is 1. The molecule has 0 amide bonds. The minimum Gasteiger partial charge on any atom is -1.00 e. The highest BCUT2D eigenvalue weighted by Crippen LogP contribution is 2.55. The first-order valence-electron chi connectivity index (χ1n) is 9.87. The highest BCUT2D eigenvalue weighted by molar-refractivity contribution is 7.95. The van der Waals surface area contributed by atoms with E-state index >= 15 is 0 Å². The van der Waals surface area contributed by atoms with Crippen LogP contribution in [0.15, 0.2) is 121 Å². The van der Waals surface area contributed by atoms with Crippen molar-refractivity contribution < 1.29 is 17.0 Å². The third-order valence-corrected chi connectivity index (χ3v) is 9.56. The van der Waals surface area contributed by atoms with Gasteiger partial charge in [-0.15, -0.1) is 0 Å². The van der Waals surface area contributed by atoms with Crippen LogP contribution < -0.4 is 38.6 Å². The highest BCUT2D eigenvalue weighted by atomic mass is 79.9. The lowest BCUT2D eigenvalue weighted by Crippen LogP contribution is -3.00. The van der Waals surface area contributed by atoms with Gasteiger partial charge in [-0.25, -0.2) is 0 Å². The first-order chi connectivity index (χ1) is 14.3. The maximum absolute atomic E-state index is 6.16. The molecule has 0 atom stereocenters. The monoisotopic (exact) mass is 473 g/mol. The van der Waals surface area contributed by atoms with Gasteiger partial charge in [-0.05, 0) is 54.1 Å². The van der Waals surface area contributed by atoms with Gasteiger partial charge in [0.1, 0.15) is 23.2 Å². The third kappa shape index (κ3) is 4.56. The second kappa shape index (κ2) is 10.4. The highest BCUT2D eigenvalue weighted by Gasteiger charge is 2.44. The summed E-state index contributed by atoms with van der Waals surface area (Å²) in [6.07, 6.45) is 5.41. The van der Waals surface area contributed by atoms with Crippen LogP contribution in [0.3, 0.4) is 0 Å². The second-order valence-corrected chi connectivity index (χ2v) is 10.6. The van der Waals surface area contributed by atoms with Crippen LogP contribution >= 0.6 is 7.26 Å². The van der Waals surface area contributed by atoms with Crippen molar-refractivity contribution in [2.24, 2.45) is 0 Å². The number of hydrogen-bond acceptors (Lipinski definition) is 1. The third-order valence-electron chi connectivity index (χ3n) is 5.26. The molecule has 1 nitrogen and oxygen atoms in total. The summed E-state index contributed by atoms with van der Waals surface area (Å²) in [5, 5.41) is 4.18. The molecule has 0 unspecified atom stereocenters. The number of para-hydroxylation sites is 1. The first-order valence-corrected chi connectivity index (χ1v) is 11.8. The number of anilines is 1. The Labute approximate surface area is 190 Å². The number of nitrogen functional groups attached to an aromatic ring is 1. The zero-order valence-electron chi connectivity index (χ0n) is 16.7. The lowest BCUT2D eigenvalue weighted by atomic mass is 10.2. The van der Waals surface area contributed by atoms with Crippen LogP contribution in [0.1, 0.15) is 5.56 Å². The Hall–Kier alpha value is -2.67. The summed E-state index contributed by atoms with van der Waals surface area (Å²) in [6.45, 7) is 0. The van der Waals surface area contributed by atoms with E-state index < -0.39 is 7.26 Å². The van der Waals surface area contributed by atoms with E-state index in [2.05, 4.69) is 109 Å². The van der Waals surface area contributed by atoms with Crippen molar-refractivity contribution in [2.75, 3.05) is 11.9 Å². The topological polar surface area (TPSA) is 26.0 Å². The number of nitrogens with two attached hydrogens (primary N) is 1. The van der Waals surface area contributed by atoms with Crippen molar-refractivity contribution >= 4 is 34.9 Å². The Morgan fingerprint density at radius 2 is 0.967 bits per heavy atom. The molecular weight excluding hydrogens is 449 g/mol. The summed E-state index contributed by atoms with van der Waals surface area (Å²) in [5.41, 5.74) is 8.04. The van der Waals surface area contributed by atoms with E-state index in [1.165, 1.54) is 15.9 Å². The minimum atomic E-state index is -1.83. The summed E-state index contributed by atoms with van der Waals surface area (Å²) >= 11 is 0. The first kappa shape index (κ1) is 22.0. The van der Waals surface area contributed by atoms with Crippen LogP contribution in [0.25, 0.3) is 6.08 Å². The van der Waals surface area contributed by atoms with E-state index in [9.17, 15) is 0 Å². The average molecular weight is 474 g/mol. The van der Waals surface area contributed by atoms with E-state index in [-0.39, 0.29) is 17.0 Å². The SMILES string of the molecule is Nc1ccccc1/C=C/C[P+](c1ccccc1)(c1ccccc1)c1ccccc1.[Br-]. The van der Waals surface area contributed by atoms with E-state index in [4.69, 9.17) is 5.73 Å². The zero-order chi connectivity index (χ0) is 19.9. The molecular formula is C27H25BrNP. The van der Waals surface area contributed by atoms with Gasteiger partial charge in [0.25, 0.3) is 0 Å². The van der Waals surface area contributed by atoms with Gasteiger partial charge in [0, 0.05) is 5.69 Å². The molecule has 30 heavy (non-hydrogen) atoms. The van der Waals surface area contributed by atoms with Gasteiger partial charge in [0.15, 0.2) is 0 Å². The van der Waals surface area contributed by atoms with Gasteiger partial charge in [-0.3, -0.25) is 0 Å². The largest absolute Gasteiger partial charge is 1.00 e. The molecule has 0 saturated carbocycles. The second-order valence-electron chi connectivity index (χ2n) is 7.03. The van der Waals surface area contributed by atoms with Crippen LogP contribution in [0, 0.1) is 0 Å².